The quantitative estimate of drug-likeness (QED) is 0.280. The minimum atomic E-state index is -0.394. The van der Waals surface area contributed by atoms with Crippen molar-refractivity contribution in [1.82, 2.24) is 9.55 Å². The molecule has 1 heterocycles. The fraction of sp³-hybridized carbons (Fsp3) is 0.192. The smallest absolute Gasteiger partial charge is 0.266 e. The van der Waals surface area contributed by atoms with E-state index in [2.05, 4.69) is 24.1 Å². The molecule has 4 aromatic rings. The highest BCUT2D eigenvalue weighted by Crippen LogP contribution is 2.27. The number of fused-ring (bicyclic) bond motifs is 1. The molecule has 3 aromatic carbocycles. The lowest BCUT2D eigenvalue weighted by atomic mass is 9.97. The molecule has 0 saturated carbocycles. The summed E-state index contributed by atoms with van der Waals surface area (Å²) in [4.78, 5) is 30.7. The van der Waals surface area contributed by atoms with Gasteiger partial charge >= 0.3 is 0 Å². The van der Waals surface area contributed by atoms with Gasteiger partial charge in [-0.25, -0.2) is 9.37 Å². The molecular weight excluding hydrogens is 437 g/mol. The lowest BCUT2D eigenvalue weighted by Crippen LogP contribution is -2.23. The van der Waals surface area contributed by atoms with Crippen LogP contribution in [0.15, 0.2) is 82.7 Å². The van der Waals surface area contributed by atoms with E-state index in [0.717, 1.165) is 17.7 Å². The molecule has 33 heavy (non-hydrogen) atoms. The Morgan fingerprint density at radius 2 is 1.76 bits per heavy atom. The zero-order chi connectivity index (χ0) is 23.4. The van der Waals surface area contributed by atoms with Crippen LogP contribution in [0.25, 0.3) is 16.6 Å². The number of hydrogen-bond acceptors (Lipinski definition) is 4. The normalized spacial score (nSPS) is 12.0. The second-order valence-corrected chi connectivity index (χ2v) is 8.70. The molecule has 168 valence electrons. The maximum absolute atomic E-state index is 13.5. The largest absolute Gasteiger partial charge is 0.325 e. The van der Waals surface area contributed by atoms with Crippen LogP contribution in [0.2, 0.25) is 0 Å². The maximum Gasteiger partial charge on any atom is 0.266 e. The zero-order valence-corrected chi connectivity index (χ0v) is 19.2. The molecule has 1 N–H and O–H groups in total. The maximum atomic E-state index is 13.5. The van der Waals surface area contributed by atoms with Crippen molar-refractivity contribution in [3.63, 3.8) is 0 Å². The number of amides is 1. The average Bonchev–Trinajstić information content (AvgIpc) is 2.83. The van der Waals surface area contributed by atoms with Crippen LogP contribution < -0.4 is 10.9 Å². The molecule has 5 nitrogen and oxygen atoms in total. The van der Waals surface area contributed by atoms with Crippen molar-refractivity contribution in [2.45, 2.75) is 31.3 Å². The number of rotatable bonds is 7. The van der Waals surface area contributed by atoms with E-state index in [1.54, 1.807) is 18.2 Å². The number of carbonyl (C=O) groups excluding carboxylic acids is 1. The van der Waals surface area contributed by atoms with Crippen molar-refractivity contribution in [3.05, 3.63) is 94.5 Å². The predicted molar refractivity (Wildman–Crippen MR) is 132 cm³/mol. The minimum absolute atomic E-state index is 0.0703. The molecule has 1 atom stereocenters. The highest BCUT2D eigenvalue weighted by atomic mass is 32.2. The molecule has 0 fully saturated rings. The van der Waals surface area contributed by atoms with Crippen molar-refractivity contribution in [3.8, 4) is 5.69 Å². The minimum Gasteiger partial charge on any atom is -0.325 e. The van der Waals surface area contributed by atoms with E-state index >= 15 is 0 Å². The Hall–Kier alpha value is -3.45. The van der Waals surface area contributed by atoms with Crippen LogP contribution >= 0.6 is 11.8 Å². The molecule has 0 aliphatic carbocycles. The summed E-state index contributed by atoms with van der Waals surface area (Å²) in [5, 5.41) is 3.82. The first-order chi connectivity index (χ1) is 16.0. The van der Waals surface area contributed by atoms with Crippen LogP contribution in [0.4, 0.5) is 10.1 Å². The number of nitrogens with zero attached hydrogens (tertiary/aromatic N) is 2. The third kappa shape index (κ3) is 4.98. The van der Waals surface area contributed by atoms with Gasteiger partial charge in [-0.15, -0.1) is 0 Å². The standard InChI is InChI=1S/C26H24FN3O2S/c1-3-17(2)20-8-4-6-10-22(20)28-24(31)16-33-26-29-23-11-7-5-9-21(23)25(32)30(26)19-14-12-18(27)13-15-19/h4-15,17H,3,16H2,1-2H3,(H,28,31). The SMILES string of the molecule is CCC(C)c1ccccc1NC(=O)CSc1nc2ccccc2c(=O)n1-c1ccc(F)cc1. The van der Waals surface area contributed by atoms with Crippen LogP contribution in [0, 0.1) is 5.82 Å². The monoisotopic (exact) mass is 461 g/mol. The number of hydrogen-bond donors (Lipinski definition) is 1. The van der Waals surface area contributed by atoms with Gasteiger partial charge in [-0.05, 0) is 60.4 Å². The van der Waals surface area contributed by atoms with Gasteiger partial charge in [0.25, 0.3) is 5.56 Å². The van der Waals surface area contributed by atoms with Gasteiger partial charge < -0.3 is 5.32 Å². The Balaban J connectivity index is 1.64. The van der Waals surface area contributed by atoms with E-state index in [1.165, 1.54) is 40.6 Å². The number of aromatic nitrogens is 2. The van der Waals surface area contributed by atoms with Gasteiger partial charge in [0.15, 0.2) is 5.16 Å². The molecule has 0 aliphatic rings. The predicted octanol–water partition coefficient (Wildman–Crippen LogP) is 5.77. The van der Waals surface area contributed by atoms with Gasteiger partial charge in [-0.2, -0.15) is 0 Å². The first-order valence-electron chi connectivity index (χ1n) is 10.8. The number of carbonyl (C=O) groups is 1. The van der Waals surface area contributed by atoms with Crippen LogP contribution in [0.3, 0.4) is 0 Å². The molecule has 4 rings (SSSR count). The highest BCUT2D eigenvalue weighted by molar-refractivity contribution is 7.99. The van der Waals surface area contributed by atoms with Gasteiger partial charge in [0, 0.05) is 5.69 Å². The summed E-state index contributed by atoms with van der Waals surface area (Å²) >= 11 is 1.17. The van der Waals surface area contributed by atoms with Crippen molar-refractivity contribution in [2.24, 2.45) is 0 Å². The van der Waals surface area contributed by atoms with Crippen LogP contribution in [0.5, 0.6) is 0 Å². The Kier molecular flexibility index (Phi) is 6.89. The van der Waals surface area contributed by atoms with Gasteiger partial charge in [0.2, 0.25) is 5.91 Å². The molecule has 7 heteroatoms. The lowest BCUT2D eigenvalue weighted by molar-refractivity contribution is -0.113. The van der Waals surface area contributed by atoms with Crippen LogP contribution in [-0.4, -0.2) is 21.2 Å². The molecule has 1 aromatic heterocycles. The fourth-order valence-corrected chi connectivity index (χ4v) is 4.42. The number of benzene rings is 3. The zero-order valence-electron chi connectivity index (χ0n) is 18.4. The summed E-state index contributed by atoms with van der Waals surface area (Å²) in [7, 11) is 0. The third-order valence-electron chi connectivity index (χ3n) is 5.54. The number of para-hydroxylation sites is 2. The average molecular weight is 462 g/mol. The van der Waals surface area contributed by atoms with Crippen LogP contribution in [-0.2, 0) is 4.79 Å². The van der Waals surface area contributed by atoms with Crippen molar-refractivity contribution in [2.75, 3.05) is 11.1 Å². The highest BCUT2D eigenvalue weighted by Gasteiger charge is 2.16. The first-order valence-corrected chi connectivity index (χ1v) is 11.8. The Morgan fingerprint density at radius 1 is 1.06 bits per heavy atom. The van der Waals surface area contributed by atoms with E-state index in [-0.39, 0.29) is 17.2 Å². The number of halogens is 1. The topological polar surface area (TPSA) is 64.0 Å². The molecule has 0 spiro atoms. The van der Waals surface area contributed by atoms with Crippen molar-refractivity contribution < 1.29 is 9.18 Å². The van der Waals surface area contributed by atoms with Crippen molar-refractivity contribution >= 4 is 34.3 Å². The molecule has 1 amide bonds. The second kappa shape index (κ2) is 10.0. The van der Waals surface area contributed by atoms with E-state index in [0.29, 0.717) is 27.7 Å². The molecule has 0 radical (unpaired) electrons. The van der Waals surface area contributed by atoms with Gasteiger partial charge in [0.1, 0.15) is 5.82 Å². The Bertz CT molecular complexity index is 1350. The summed E-state index contributed by atoms with van der Waals surface area (Å²) in [5.74, 6) is -0.196. The van der Waals surface area contributed by atoms with E-state index in [4.69, 9.17) is 0 Å². The van der Waals surface area contributed by atoms with E-state index in [1.807, 2.05) is 30.3 Å². The molecule has 0 saturated heterocycles. The first kappa shape index (κ1) is 22.7. The summed E-state index contributed by atoms with van der Waals surface area (Å²) in [5.41, 5.74) is 2.65. The van der Waals surface area contributed by atoms with Gasteiger partial charge in [0.05, 0.1) is 22.3 Å². The fourth-order valence-electron chi connectivity index (χ4n) is 3.60. The Labute approximate surface area is 195 Å². The number of anilines is 1. The summed E-state index contributed by atoms with van der Waals surface area (Å²) in [6, 6.07) is 20.5. The van der Waals surface area contributed by atoms with Gasteiger partial charge in [-0.1, -0.05) is 55.9 Å². The summed E-state index contributed by atoms with van der Waals surface area (Å²) < 4.78 is 14.9. The van der Waals surface area contributed by atoms with E-state index in [9.17, 15) is 14.0 Å². The molecule has 1 unspecified atom stereocenters. The van der Waals surface area contributed by atoms with Crippen LogP contribution in [0.1, 0.15) is 31.7 Å². The molecule has 0 aliphatic heterocycles. The molecular formula is C26H24FN3O2S. The van der Waals surface area contributed by atoms with Gasteiger partial charge in [-0.3, -0.25) is 14.2 Å². The second-order valence-electron chi connectivity index (χ2n) is 7.76. The van der Waals surface area contributed by atoms with E-state index < -0.39 is 5.82 Å². The summed E-state index contributed by atoms with van der Waals surface area (Å²) in [6.45, 7) is 4.24. The third-order valence-corrected chi connectivity index (χ3v) is 6.48. The number of thioether (sulfide) groups is 1. The lowest BCUT2D eigenvalue weighted by Gasteiger charge is -2.16. The molecule has 0 bridgehead atoms. The van der Waals surface area contributed by atoms with Crippen molar-refractivity contribution in [1.29, 1.82) is 0 Å². The number of nitrogens with one attached hydrogen (secondary N) is 1. The summed E-state index contributed by atoms with van der Waals surface area (Å²) in [6.07, 6.45) is 0.965. The Morgan fingerprint density at radius 3 is 2.52 bits per heavy atom.